The lowest BCUT2D eigenvalue weighted by Gasteiger charge is -2.55. The van der Waals surface area contributed by atoms with Crippen molar-refractivity contribution in [3.63, 3.8) is 0 Å². The van der Waals surface area contributed by atoms with Gasteiger partial charge >= 0.3 is 0 Å². The minimum absolute atomic E-state index is 0.266. The van der Waals surface area contributed by atoms with Gasteiger partial charge in [0.1, 0.15) is 0 Å². The molecule has 0 aliphatic heterocycles. The molecule has 0 spiro atoms. The summed E-state index contributed by atoms with van der Waals surface area (Å²) in [4.78, 5) is 0. The molecule has 0 heterocycles. The largest absolute Gasteiger partial charge is 0.392 e. The standard InChI is InChI=1S/C12H25NO2/c1-5-12(6-2)10(7-11(12)15-4)13-8-9(3)14/h9-11,13-14H,5-8H2,1-4H3/t9-,10-,11+/m1/s1. The van der Waals surface area contributed by atoms with Gasteiger partial charge in [-0.2, -0.15) is 0 Å². The van der Waals surface area contributed by atoms with Crippen molar-refractivity contribution in [1.82, 2.24) is 5.32 Å². The van der Waals surface area contributed by atoms with E-state index in [2.05, 4.69) is 19.2 Å². The van der Waals surface area contributed by atoms with Gasteiger partial charge < -0.3 is 15.2 Å². The van der Waals surface area contributed by atoms with Crippen LogP contribution in [0.3, 0.4) is 0 Å². The van der Waals surface area contributed by atoms with Crippen LogP contribution in [0.25, 0.3) is 0 Å². The van der Waals surface area contributed by atoms with Crippen molar-refractivity contribution in [1.29, 1.82) is 0 Å². The first-order valence-electron chi connectivity index (χ1n) is 6.05. The molecule has 1 fully saturated rings. The average molecular weight is 215 g/mol. The molecule has 0 bridgehead atoms. The number of hydrogen-bond acceptors (Lipinski definition) is 3. The highest BCUT2D eigenvalue weighted by atomic mass is 16.5. The Hall–Kier alpha value is -0.120. The van der Waals surface area contributed by atoms with Gasteiger partial charge in [0.15, 0.2) is 0 Å². The number of methoxy groups -OCH3 is 1. The Balaban J connectivity index is 2.52. The fraction of sp³-hybridized carbons (Fsp3) is 1.00. The monoisotopic (exact) mass is 215 g/mol. The zero-order chi connectivity index (χ0) is 11.5. The summed E-state index contributed by atoms with van der Waals surface area (Å²) in [5.74, 6) is 0. The molecule has 3 atom stereocenters. The second-order valence-electron chi connectivity index (χ2n) is 4.71. The van der Waals surface area contributed by atoms with Crippen molar-refractivity contribution >= 4 is 0 Å². The van der Waals surface area contributed by atoms with Crippen molar-refractivity contribution in [2.45, 2.75) is 58.3 Å². The molecule has 0 radical (unpaired) electrons. The second-order valence-corrected chi connectivity index (χ2v) is 4.71. The topological polar surface area (TPSA) is 41.5 Å². The fourth-order valence-corrected chi connectivity index (χ4v) is 2.88. The van der Waals surface area contributed by atoms with Crippen LogP contribution in [-0.4, -0.2) is 37.0 Å². The minimum Gasteiger partial charge on any atom is -0.392 e. The SMILES string of the molecule is CCC1(CC)[C@@H](OC)C[C@H]1NC[C@@H](C)O. The predicted octanol–water partition coefficient (Wildman–Crippen LogP) is 1.55. The summed E-state index contributed by atoms with van der Waals surface area (Å²) in [6, 6.07) is 0.507. The molecule has 1 aliphatic rings. The van der Waals surface area contributed by atoms with Crippen LogP contribution < -0.4 is 5.32 Å². The Kier molecular flexibility index (Phi) is 4.56. The van der Waals surface area contributed by atoms with Gasteiger partial charge in [0, 0.05) is 25.1 Å². The number of aliphatic hydroxyl groups is 1. The molecule has 0 aromatic heterocycles. The van der Waals surface area contributed by atoms with E-state index in [9.17, 15) is 5.11 Å². The highest BCUT2D eigenvalue weighted by Crippen LogP contribution is 2.48. The third-order valence-electron chi connectivity index (χ3n) is 4.05. The first-order chi connectivity index (χ1) is 7.10. The summed E-state index contributed by atoms with van der Waals surface area (Å²) < 4.78 is 5.52. The van der Waals surface area contributed by atoms with Gasteiger partial charge in [-0.25, -0.2) is 0 Å². The third-order valence-corrected chi connectivity index (χ3v) is 4.05. The van der Waals surface area contributed by atoms with E-state index in [0.29, 0.717) is 18.7 Å². The van der Waals surface area contributed by atoms with Gasteiger partial charge in [-0.3, -0.25) is 0 Å². The maximum absolute atomic E-state index is 9.27. The van der Waals surface area contributed by atoms with E-state index in [1.165, 1.54) is 0 Å². The van der Waals surface area contributed by atoms with E-state index < -0.39 is 0 Å². The Morgan fingerprint density at radius 1 is 1.47 bits per heavy atom. The maximum Gasteiger partial charge on any atom is 0.0657 e. The molecule has 3 nitrogen and oxygen atoms in total. The molecule has 90 valence electrons. The first-order valence-corrected chi connectivity index (χ1v) is 6.05. The molecule has 0 aromatic carbocycles. The van der Waals surface area contributed by atoms with Crippen LogP contribution in [0.5, 0.6) is 0 Å². The van der Waals surface area contributed by atoms with Crippen molar-refractivity contribution in [2.75, 3.05) is 13.7 Å². The Labute approximate surface area is 93.2 Å². The second kappa shape index (κ2) is 5.28. The van der Waals surface area contributed by atoms with Crippen LogP contribution in [0.2, 0.25) is 0 Å². The van der Waals surface area contributed by atoms with Crippen LogP contribution >= 0.6 is 0 Å². The van der Waals surface area contributed by atoms with E-state index in [0.717, 1.165) is 19.3 Å². The highest BCUT2D eigenvalue weighted by molar-refractivity contribution is 5.06. The Bertz CT molecular complexity index is 190. The fourth-order valence-electron chi connectivity index (χ4n) is 2.88. The molecule has 2 N–H and O–H groups in total. The molecule has 0 saturated heterocycles. The Morgan fingerprint density at radius 3 is 2.47 bits per heavy atom. The van der Waals surface area contributed by atoms with Crippen LogP contribution in [0.15, 0.2) is 0 Å². The van der Waals surface area contributed by atoms with E-state index in [1.54, 1.807) is 7.11 Å². The maximum atomic E-state index is 9.27. The van der Waals surface area contributed by atoms with Crippen molar-refractivity contribution in [3.05, 3.63) is 0 Å². The molecule has 1 rings (SSSR count). The number of ether oxygens (including phenoxy) is 1. The summed E-state index contributed by atoms with van der Waals surface area (Å²) in [6.07, 6.45) is 3.47. The van der Waals surface area contributed by atoms with Gasteiger partial charge in [0.25, 0.3) is 0 Å². The van der Waals surface area contributed by atoms with Gasteiger partial charge in [-0.1, -0.05) is 13.8 Å². The summed E-state index contributed by atoms with van der Waals surface area (Å²) in [7, 11) is 1.80. The summed E-state index contributed by atoms with van der Waals surface area (Å²) in [5, 5.41) is 12.7. The predicted molar refractivity (Wildman–Crippen MR) is 61.9 cm³/mol. The molecule has 1 aliphatic carbocycles. The summed E-state index contributed by atoms with van der Waals surface area (Å²) in [6.45, 7) is 6.96. The molecule has 15 heavy (non-hydrogen) atoms. The summed E-state index contributed by atoms with van der Waals surface area (Å²) in [5.41, 5.74) is 0.281. The van der Waals surface area contributed by atoms with E-state index in [1.807, 2.05) is 6.92 Å². The lowest BCUT2D eigenvalue weighted by atomic mass is 9.58. The van der Waals surface area contributed by atoms with Gasteiger partial charge in [-0.15, -0.1) is 0 Å². The first kappa shape index (κ1) is 12.9. The lowest BCUT2D eigenvalue weighted by molar-refractivity contribution is -0.125. The van der Waals surface area contributed by atoms with Crippen LogP contribution in [-0.2, 0) is 4.74 Å². The number of aliphatic hydroxyl groups excluding tert-OH is 1. The number of nitrogens with one attached hydrogen (secondary N) is 1. The normalized spacial score (nSPS) is 31.0. The molecule has 0 amide bonds. The summed E-state index contributed by atoms with van der Waals surface area (Å²) >= 11 is 0. The van der Waals surface area contributed by atoms with E-state index >= 15 is 0 Å². The van der Waals surface area contributed by atoms with Crippen LogP contribution in [0.1, 0.15) is 40.0 Å². The quantitative estimate of drug-likeness (QED) is 0.706. The Morgan fingerprint density at radius 2 is 2.07 bits per heavy atom. The average Bonchev–Trinajstić information content (AvgIpc) is 2.18. The molecule has 1 saturated carbocycles. The van der Waals surface area contributed by atoms with Gasteiger partial charge in [0.05, 0.1) is 12.2 Å². The molecular weight excluding hydrogens is 190 g/mol. The number of rotatable bonds is 6. The van der Waals surface area contributed by atoms with E-state index in [4.69, 9.17) is 4.74 Å². The zero-order valence-corrected chi connectivity index (χ0v) is 10.4. The van der Waals surface area contributed by atoms with Crippen LogP contribution in [0, 0.1) is 5.41 Å². The smallest absolute Gasteiger partial charge is 0.0657 e. The van der Waals surface area contributed by atoms with Crippen molar-refractivity contribution in [3.8, 4) is 0 Å². The number of hydrogen-bond donors (Lipinski definition) is 2. The van der Waals surface area contributed by atoms with E-state index in [-0.39, 0.29) is 11.5 Å². The third kappa shape index (κ3) is 2.35. The molecule has 3 heteroatoms. The van der Waals surface area contributed by atoms with Gasteiger partial charge in [0.2, 0.25) is 0 Å². The highest BCUT2D eigenvalue weighted by Gasteiger charge is 2.52. The van der Waals surface area contributed by atoms with Crippen LogP contribution in [0.4, 0.5) is 0 Å². The van der Waals surface area contributed by atoms with Gasteiger partial charge in [-0.05, 0) is 26.2 Å². The zero-order valence-electron chi connectivity index (χ0n) is 10.4. The minimum atomic E-state index is -0.266. The molecular formula is C12H25NO2. The molecule has 0 aromatic rings. The van der Waals surface area contributed by atoms with Crippen molar-refractivity contribution < 1.29 is 9.84 Å². The molecule has 0 unspecified atom stereocenters. The lowest BCUT2D eigenvalue weighted by Crippen LogP contribution is -2.63. The van der Waals surface area contributed by atoms with Crippen molar-refractivity contribution in [2.24, 2.45) is 5.41 Å².